The van der Waals surface area contributed by atoms with Gasteiger partial charge < -0.3 is 0 Å². The van der Waals surface area contributed by atoms with Crippen LogP contribution >= 0.6 is 0 Å². The van der Waals surface area contributed by atoms with Crippen LogP contribution in [0.3, 0.4) is 0 Å². The van der Waals surface area contributed by atoms with Gasteiger partial charge in [0.2, 0.25) is 0 Å². The van der Waals surface area contributed by atoms with Gasteiger partial charge in [-0.15, -0.1) is 0 Å². The summed E-state index contributed by atoms with van der Waals surface area (Å²) in [6, 6.07) is 10.2. The van der Waals surface area contributed by atoms with Crippen LogP contribution in [0, 0.1) is 0 Å². The molecule has 1 N–H and O–H groups in total. The van der Waals surface area contributed by atoms with E-state index in [2.05, 4.69) is 50.1 Å². The second-order valence-electron chi connectivity index (χ2n) is 6.45. The molecule has 0 amide bonds. The quantitative estimate of drug-likeness (QED) is 0.879. The summed E-state index contributed by atoms with van der Waals surface area (Å²) in [5, 5.41) is 2.90. The van der Waals surface area contributed by atoms with Gasteiger partial charge in [-0.25, -0.2) is 0 Å². The van der Waals surface area contributed by atoms with Gasteiger partial charge in [0.05, 0.1) is 5.69 Å². The van der Waals surface area contributed by atoms with Crippen LogP contribution in [-0.4, -0.2) is 9.78 Å². The number of rotatable bonds is 2. The van der Waals surface area contributed by atoms with Gasteiger partial charge in [-0.2, -0.15) is 0 Å². The molecule has 0 unspecified atom stereocenters. The van der Waals surface area contributed by atoms with Crippen LogP contribution < -0.4 is 5.56 Å². The lowest BCUT2D eigenvalue weighted by Crippen LogP contribution is -2.11. The lowest BCUT2D eigenvalue weighted by Gasteiger charge is -2.19. The topological polar surface area (TPSA) is 37.8 Å². The molecule has 1 aliphatic rings. The minimum Gasteiger partial charge on any atom is -0.268 e. The minimum atomic E-state index is -0.0122. The summed E-state index contributed by atoms with van der Waals surface area (Å²) in [6.07, 6.45) is 2.38. The summed E-state index contributed by atoms with van der Waals surface area (Å²) < 4.78 is 1.94. The molecule has 0 radical (unpaired) electrons. The molecule has 1 fully saturated rings. The molecule has 19 heavy (non-hydrogen) atoms. The third-order valence-corrected chi connectivity index (χ3v) is 3.75. The predicted molar refractivity (Wildman–Crippen MR) is 77.1 cm³/mol. The molecule has 3 nitrogen and oxygen atoms in total. The minimum absolute atomic E-state index is 0.0122. The molecule has 2 aromatic rings. The van der Waals surface area contributed by atoms with Gasteiger partial charge in [-0.3, -0.25) is 14.6 Å². The molecule has 3 heteroatoms. The Morgan fingerprint density at radius 3 is 2.32 bits per heavy atom. The zero-order valence-electron chi connectivity index (χ0n) is 11.7. The van der Waals surface area contributed by atoms with Gasteiger partial charge in [0, 0.05) is 17.7 Å². The largest absolute Gasteiger partial charge is 0.268 e. The van der Waals surface area contributed by atoms with Gasteiger partial charge >= 0.3 is 0 Å². The van der Waals surface area contributed by atoms with E-state index in [1.165, 1.54) is 18.4 Å². The summed E-state index contributed by atoms with van der Waals surface area (Å²) >= 11 is 0. The van der Waals surface area contributed by atoms with Crippen LogP contribution in [-0.2, 0) is 5.41 Å². The van der Waals surface area contributed by atoms with Crippen molar-refractivity contribution < 1.29 is 0 Å². The van der Waals surface area contributed by atoms with Gasteiger partial charge in [0.15, 0.2) is 0 Å². The Hall–Kier alpha value is -1.77. The molecular formula is C16H20N2O. The maximum absolute atomic E-state index is 11.6. The molecule has 1 aromatic carbocycles. The van der Waals surface area contributed by atoms with Crippen molar-refractivity contribution in [2.24, 2.45) is 0 Å². The summed E-state index contributed by atoms with van der Waals surface area (Å²) in [5.41, 5.74) is 3.60. The average Bonchev–Trinajstić information content (AvgIpc) is 3.12. The number of hydrogen-bond donors (Lipinski definition) is 1. The number of benzene rings is 1. The highest BCUT2D eigenvalue weighted by Crippen LogP contribution is 2.40. The fourth-order valence-corrected chi connectivity index (χ4v) is 2.41. The van der Waals surface area contributed by atoms with E-state index in [1.54, 1.807) is 6.07 Å². The number of aromatic amines is 1. The Kier molecular flexibility index (Phi) is 2.66. The van der Waals surface area contributed by atoms with Crippen molar-refractivity contribution in [2.45, 2.75) is 44.9 Å². The molecule has 1 heterocycles. The van der Waals surface area contributed by atoms with Gasteiger partial charge in [-0.1, -0.05) is 32.9 Å². The number of H-pyrrole nitrogens is 1. The number of nitrogens with zero attached hydrogens (tertiary/aromatic N) is 1. The second-order valence-corrected chi connectivity index (χ2v) is 6.45. The van der Waals surface area contributed by atoms with Crippen LogP contribution in [0.5, 0.6) is 0 Å². The standard InChI is InChI=1S/C16H20N2O/c1-16(2,3)12-6-8-13(9-7-12)18-14(11-4-5-11)10-15(19)17-18/h6-11H,4-5H2,1-3H3,(H,17,19). The highest BCUT2D eigenvalue weighted by molar-refractivity contribution is 5.38. The zero-order valence-corrected chi connectivity index (χ0v) is 11.7. The predicted octanol–water partition coefficient (Wildman–Crippen LogP) is 3.34. The summed E-state index contributed by atoms with van der Waals surface area (Å²) in [6.45, 7) is 6.61. The maximum atomic E-state index is 11.6. The monoisotopic (exact) mass is 256 g/mol. The molecule has 3 rings (SSSR count). The Bertz CT molecular complexity index is 637. The molecule has 0 aliphatic heterocycles. The second kappa shape index (κ2) is 4.12. The first kappa shape index (κ1) is 12.3. The van der Waals surface area contributed by atoms with Crippen LogP contribution in [0.25, 0.3) is 5.69 Å². The fourth-order valence-electron chi connectivity index (χ4n) is 2.41. The van der Waals surface area contributed by atoms with Crippen LogP contribution in [0.15, 0.2) is 35.1 Å². The highest BCUT2D eigenvalue weighted by atomic mass is 16.1. The third-order valence-electron chi connectivity index (χ3n) is 3.75. The highest BCUT2D eigenvalue weighted by Gasteiger charge is 2.28. The normalized spacial score (nSPS) is 15.7. The van der Waals surface area contributed by atoms with Gasteiger partial charge in [0.25, 0.3) is 5.56 Å². The van der Waals surface area contributed by atoms with Crippen molar-refractivity contribution in [2.75, 3.05) is 0 Å². The SMILES string of the molecule is CC(C)(C)c1ccc(-n2[nH]c(=O)cc2C2CC2)cc1. The molecule has 0 saturated heterocycles. The van der Waals surface area contributed by atoms with Crippen molar-refractivity contribution in [1.29, 1.82) is 0 Å². The lowest BCUT2D eigenvalue weighted by molar-refractivity contribution is 0.590. The van der Waals surface area contributed by atoms with Gasteiger partial charge in [0.1, 0.15) is 0 Å². The Morgan fingerprint density at radius 1 is 1.16 bits per heavy atom. The summed E-state index contributed by atoms with van der Waals surface area (Å²) in [7, 11) is 0. The Labute approximate surface area is 113 Å². The Morgan fingerprint density at radius 2 is 1.79 bits per heavy atom. The van der Waals surface area contributed by atoms with E-state index in [0.717, 1.165) is 11.4 Å². The first-order valence-electron chi connectivity index (χ1n) is 6.88. The smallest absolute Gasteiger partial charge is 0.264 e. The molecular weight excluding hydrogens is 236 g/mol. The number of nitrogens with one attached hydrogen (secondary N) is 1. The molecule has 0 bridgehead atoms. The van der Waals surface area contributed by atoms with E-state index in [9.17, 15) is 4.79 Å². The van der Waals surface area contributed by atoms with Crippen molar-refractivity contribution in [3.63, 3.8) is 0 Å². The van der Waals surface area contributed by atoms with E-state index in [-0.39, 0.29) is 11.0 Å². The van der Waals surface area contributed by atoms with Crippen molar-refractivity contribution in [3.05, 3.63) is 51.9 Å². The van der Waals surface area contributed by atoms with Crippen molar-refractivity contribution >= 4 is 0 Å². The van der Waals surface area contributed by atoms with E-state index >= 15 is 0 Å². The van der Waals surface area contributed by atoms with Crippen LogP contribution in [0.2, 0.25) is 0 Å². The van der Waals surface area contributed by atoms with Crippen molar-refractivity contribution in [1.82, 2.24) is 9.78 Å². The molecule has 1 aliphatic carbocycles. The van der Waals surface area contributed by atoms with E-state index in [1.807, 2.05) is 4.68 Å². The van der Waals surface area contributed by atoms with Gasteiger partial charge in [-0.05, 0) is 36.0 Å². The number of aromatic nitrogens is 2. The van der Waals surface area contributed by atoms with Crippen molar-refractivity contribution in [3.8, 4) is 5.69 Å². The Balaban J connectivity index is 2.00. The average molecular weight is 256 g/mol. The molecule has 1 aromatic heterocycles. The van der Waals surface area contributed by atoms with E-state index in [0.29, 0.717) is 5.92 Å². The zero-order chi connectivity index (χ0) is 13.6. The molecule has 0 atom stereocenters. The first-order chi connectivity index (χ1) is 8.95. The molecule has 100 valence electrons. The van der Waals surface area contributed by atoms with E-state index < -0.39 is 0 Å². The van der Waals surface area contributed by atoms with Crippen LogP contribution in [0.1, 0.15) is 50.8 Å². The third kappa shape index (κ3) is 2.37. The first-order valence-corrected chi connectivity index (χ1v) is 6.88. The van der Waals surface area contributed by atoms with Crippen LogP contribution in [0.4, 0.5) is 0 Å². The molecule has 0 spiro atoms. The molecule has 1 saturated carbocycles. The summed E-state index contributed by atoms with van der Waals surface area (Å²) in [4.78, 5) is 11.6. The maximum Gasteiger partial charge on any atom is 0.264 e. The number of hydrogen-bond acceptors (Lipinski definition) is 1. The lowest BCUT2D eigenvalue weighted by atomic mass is 9.87. The van der Waals surface area contributed by atoms with E-state index in [4.69, 9.17) is 0 Å². The summed E-state index contributed by atoms with van der Waals surface area (Å²) in [5.74, 6) is 0.557. The fraction of sp³-hybridized carbons (Fsp3) is 0.438.